The first-order valence-corrected chi connectivity index (χ1v) is 10.3. The number of ether oxygens (including phenoxy) is 1. The number of carbonyl (C=O) groups excluding carboxylic acids is 1. The van der Waals surface area contributed by atoms with E-state index < -0.39 is 29.8 Å². The van der Waals surface area contributed by atoms with Crippen molar-refractivity contribution in [2.75, 3.05) is 11.1 Å². The number of aliphatic hydroxyl groups is 2. The van der Waals surface area contributed by atoms with Crippen LogP contribution in [-0.4, -0.2) is 48.9 Å². The van der Waals surface area contributed by atoms with E-state index in [1.807, 2.05) is 30.3 Å². The van der Waals surface area contributed by atoms with Crippen LogP contribution in [0.15, 0.2) is 55.0 Å². The van der Waals surface area contributed by atoms with Gasteiger partial charge in [0.25, 0.3) is 5.91 Å². The Morgan fingerprint density at radius 1 is 1.25 bits per heavy atom. The number of nitrogens with one attached hydrogen (secondary N) is 1. The zero-order valence-corrected chi connectivity index (χ0v) is 17.8. The van der Waals surface area contributed by atoms with Gasteiger partial charge in [0.1, 0.15) is 5.60 Å². The number of aliphatic hydroxyl groups excluding tert-OH is 1. The van der Waals surface area contributed by atoms with Crippen LogP contribution in [0, 0.1) is 0 Å². The van der Waals surface area contributed by atoms with Crippen molar-refractivity contribution in [1.29, 1.82) is 0 Å². The molecule has 4 rings (SSSR count). The molecule has 1 saturated heterocycles. The number of benzene rings is 1. The van der Waals surface area contributed by atoms with Crippen LogP contribution in [0.5, 0.6) is 0 Å². The predicted octanol–water partition coefficient (Wildman–Crippen LogP) is 2.33. The van der Waals surface area contributed by atoms with Gasteiger partial charge in [-0.05, 0) is 19.9 Å². The number of nitrogens with two attached hydrogens (primary N) is 1. The average Bonchev–Trinajstić information content (AvgIpc) is 2.78. The Kier molecular flexibility index (Phi) is 5.88. The van der Waals surface area contributed by atoms with Crippen LogP contribution in [0.25, 0.3) is 11.3 Å². The van der Waals surface area contributed by atoms with Crippen molar-refractivity contribution in [3.05, 3.63) is 66.2 Å². The molecule has 3 aromatic rings. The lowest BCUT2D eigenvalue weighted by atomic mass is 9.84. The summed E-state index contributed by atoms with van der Waals surface area (Å²) in [6.07, 6.45) is 2.59. The number of carbonyl (C=O) groups is 1. The van der Waals surface area contributed by atoms with Crippen molar-refractivity contribution in [3.8, 4) is 11.3 Å². The molecule has 0 saturated carbocycles. The van der Waals surface area contributed by atoms with Crippen LogP contribution < -0.4 is 11.1 Å². The maximum absolute atomic E-state index is 13.0. The highest BCUT2D eigenvalue weighted by atomic mass is 16.5. The highest BCUT2D eigenvalue weighted by Crippen LogP contribution is 2.39. The van der Waals surface area contributed by atoms with E-state index in [-0.39, 0.29) is 17.9 Å². The Balaban J connectivity index is 1.61. The molecule has 32 heavy (non-hydrogen) atoms. The summed E-state index contributed by atoms with van der Waals surface area (Å²) in [5.74, 6) is -0.542. The van der Waals surface area contributed by atoms with Gasteiger partial charge < -0.3 is 26.0 Å². The van der Waals surface area contributed by atoms with Crippen molar-refractivity contribution in [2.45, 2.75) is 44.2 Å². The molecule has 3 heterocycles. The van der Waals surface area contributed by atoms with Gasteiger partial charge in [0.2, 0.25) is 0 Å². The van der Waals surface area contributed by atoms with Gasteiger partial charge in [-0.15, -0.1) is 0 Å². The third-order valence-electron chi connectivity index (χ3n) is 5.84. The summed E-state index contributed by atoms with van der Waals surface area (Å²) in [6, 6.07) is 11.1. The largest absolute Gasteiger partial charge is 0.390 e. The second-order valence-electron chi connectivity index (χ2n) is 8.02. The molecule has 4 atom stereocenters. The first-order valence-electron chi connectivity index (χ1n) is 10.3. The van der Waals surface area contributed by atoms with Crippen LogP contribution in [0.3, 0.4) is 0 Å². The highest BCUT2D eigenvalue weighted by Gasteiger charge is 2.44. The predicted molar refractivity (Wildman–Crippen MR) is 119 cm³/mol. The smallest absolute Gasteiger partial charge is 0.278 e. The number of hydrogen-bond donors (Lipinski definition) is 4. The van der Waals surface area contributed by atoms with Crippen LogP contribution in [-0.2, 0) is 4.74 Å². The topological polar surface area (TPSA) is 143 Å². The van der Waals surface area contributed by atoms with E-state index in [0.29, 0.717) is 16.9 Å². The van der Waals surface area contributed by atoms with Crippen molar-refractivity contribution in [1.82, 2.24) is 15.0 Å². The number of aromatic nitrogens is 3. The van der Waals surface area contributed by atoms with E-state index in [9.17, 15) is 15.0 Å². The molecule has 0 bridgehead atoms. The average molecular weight is 435 g/mol. The molecule has 0 unspecified atom stereocenters. The quantitative estimate of drug-likeness (QED) is 0.489. The number of nitrogens with zero attached hydrogens (tertiary/aromatic N) is 3. The molecule has 5 N–H and O–H groups in total. The number of hydrogen-bond acceptors (Lipinski definition) is 8. The normalized spacial score (nSPS) is 25.3. The molecular weight excluding hydrogens is 410 g/mol. The molecular formula is C23H25N5O4. The zero-order chi connectivity index (χ0) is 22.9. The minimum atomic E-state index is -1.37. The summed E-state index contributed by atoms with van der Waals surface area (Å²) in [5.41, 5.74) is 6.91. The molecule has 0 spiro atoms. The van der Waals surface area contributed by atoms with Gasteiger partial charge in [-0.2, -0.15) is 0 Å². The fourth-order valence-electron chi connectivity index (χ4n) is 3.64. The molecule has 0 aliphatic carbocycles. The number of pyridine rings is 1. The van der Waals surface area contributed by atoms with Crippen LogP contribution >= 0.6 is 0 Å². The van der Waals surface area contributed by atoms with Crippen molar-refractivity contribution >= 4 is 17.4 Å². The molecule has 1 amide bonds. The summed E-state index contributed by atoms with van der Waals surface area (Å²) in [7, 11) is 0. The second-order valence-corrected chi connectivity index (χ2v) is 8.02. The van der Waals surface area contributed by atoms with Crippen LogP contribution in [0.1, 0.15) is 42.4 Å². The summed E-state index contributed by atoms with van der Waals surface area (Å²) in [6.45, 7) is 3.23. The minimum absolute atomic E-state index is 0.00151. The third kappa shape index (κ3) is 4.18. The molecule has 1 aliphatic rings. The molecule has 1 aromatic carbocycles. The number of amides is 1. The van der Waals surface area contributed by atoms with E-state index in [1.54, 1.807) is 19.2 Å². The monoisotopic (exact) mass is 435 g/mol. The molecule has 9 nitrogen and oxygen atoms in total. The standard InChI is InChI=1S/C23H25N5O4/c1-13-23(2,31)19(29)10-18(32-13)15-8-9-25-11-17(15)28-22(30)20-21(24)26-12-16(27-20)14-6-4-3-5-7-14/h3-9,11-13,18-19,29,31H,10H2,1-2H3,(H2,24,26)(H,28,30)/t13-,18-,19-,23-/m0/s1. The summed E-state index contributed by atoms with van der Waals surface area (Å²) < 4.78 is 5.94. The maximum Gasteiger partial charge on any atom is 0.278 e. The van der Waals surface area contributed by atoms with Crippen molar-refractivity contribution in [3.63, 3.8) is 0 Å². The molecule has 0 radical (unpaired) electrons. The van der Waals surface area contributed by atoms with Crippen molar-refractivity contribution in [2.24, 2.45) is 0 Å². The van der Waals surface area contributed by atoms with Gasteiger partial charge in [0.05, 0.1) is 42.1 Å². The van der Waals surface area contributed by atoms with Crippen LogP contribution in [0.2, 0.25) is 0 Å². The Labute approximate surface area is 185 Å². The fraction of sp³-hybridized carbons (Fsp3) is 0.304. The summed E-state index contributed by atoms with van der Waals surface area (Å²) >= 11 is 0. The summed E-state index contributed by atoms with van der Waals surface area (Å²) in [4.78, 5) is 25.6. The second kappa shape index (κ2) is 8.62. The van der Waals surface area contributed by atoms with Crippen molar-refractivity contribution < 1.29 is 19.7 Å². The Morgan fingerprint density at radius 2 is 2.00 bits per heavy atom. The van der Waals surface area contributed by atoms with E-state index >= 15 is 0 Å². The van der Waals surface area contributed by atoms with Gasteiger partial charge in [-0.25, -0.2) is 9.97 Å². The first kappa shape index (κ1) is 21.8. The van der Waals surface area contributed by atoms with Gasteiger partial charge in [-0.1, -0.05) is 30.3 Å². The lowest BCUT2D eigenvalue weighted by Crippen LogP contribution is -2.54. The Morgan fingerprint density at radius 3 is 2.72 bits per heavy atom. The molecule has 1 fully saturated rings. The Hall–Kier alpha value is -3.40. The molecule has 2 aromatic heterocycles. The number of anilines is 2. The first-order chi connectivity index (χ1) is 15.3. The zero-order valence-electron chi connectivity index (χ0n) is 17.8. The van der Waals surface area contributed by atoms with Gasteiger partial charge >= 0.3 is 0 Å². The highest BCUT2D eigenvalue weighted by molar-refractivity contribution is 6.06. The third-order valence-corrected chi connectivity index (χ3v) is 5.84. The van der Waals surface area contributed by atoms with Gasteiger partial charge in [0.15, 0.2) is 11.5 Å². The lowest BCUT2D eigenvalue weighted by molar-refractivity contribution is -0.215. The fourth-order valence-corrected chi connectivity index (χ4v) is 3.64. The molecule has 9 heteroatoms. The van der Waals surface area contributed by atoms with E-state index in [4.69, 9.17) is 10.5 Å². The molecule has 166 valence electrons. The van der Waals surface area contributed by atoms with Gasteiger partial charge in [-0.3, -0.25) is 9.78 Å². The SMILES string of the molecule is C[C@@H]1O[C@H](c2ccncc2NC(=O)c2nc(-c3ccccc3)cnc2N)C[C@H](O)[C@@]1(C)O. The van der Waals surface area contributed by atoms with Gasteiger partial charge in [0, 0.05) is 23.7 Å². The van der Waals surface area contributed by atoms with Crippen LogP contribution in [0.4, 0.5) is 11.5 Å². The maximum atomic E-state index is 13.0. The summed E-state index contributed by atoms with van der Waals surface area (Å²) in [5, 5.41) is 23.6. The molecule has 1 aliphatic heterocycles. The number of nitrogen functional groups attached to an aromatic ring is 1. The Bertz CT molecular complexity index is 1110. The van der Waals surface area contributed by atoms with E-state index in [0.717, 1.165) is 5.56 Å². The lowest BCUT2D eigenvalue weighted by Gasteiger charge is -2.43. The van der Waals surface area contributed by atoms with E-state index in [1.165, 1.54) is 19.3 Å². The number of rotatable bonds is 4. The minimum Gasteiger partial charge on any atom is -0.390 e. The van der Waals surface area contributed by atoms with E-state index in [2.05, 4.69) is 20.3 Å².